The molecule has 4 aromatic rings. The quantitative estimate of drug-likeness (QED) is 0.399. The second-order valence-corrected chi connectivity index (χ2v) is 10.7. The van der Waals surface area contributed by atoms with Crippen molar-refractivity contribution in [1.82, 2.24) is 4.98 Å². The van der Waals surface area contributed by atoms with Gasteiger partial charge in [-0.25, -0.2) is 8.42 Å². The van der Waals surface area contributed by atoms with E-state index in [4.69, 9.17) is 11.6 Å². The first-order valence-electron chi connectivity index (χ1n) is 10.9. The summed E-state index contributed by atoms with van der Waals surface area (Å²) in [6.07, 6.45) is 2.35. The standard InChI is InChI=1S/C26H22ClN3O3S/c1-17-7-8-19(15-23(17)25-21-6-3-2-5-18(21)11-12-28-25)29-26(31)22-10-9-20(16-24(22)27)30-13-4-14-34(30,32)33/h2-3,5-12,15-16H,4,13-14H2,1H3,(H,29,31). The molecule has 34 heavy (non-hydrogen) atoms. The minimum absolute atomic E-state index is 0.119. The number of aromatic nitrogens is 1. The molecular weight excluding hydrogens is 470 g/mol. The summed E-state index contributed by atoms with van der Waals surface area (Å²) in [6, 6.07) is 20.4. The van der Waals surface area contributed by atoms with Crippen LogP contribution in [0.2, 0.25) is 5.02 Å². The number of carbonyl (C=O) groups is 1. The van der Waals surface area contributed by atoms with Gasteiger partial charge in [0, 0.05) is 29.4 Å². The first-order valence-corrected chi connectivity index (χ1v) is 12.9. The second-order valence-electron chi connectivity index (χ2n) is 8.27. The van der Waals surface area contributed by atoms with E-state index < -0.39 is 10.0 Å². The van der Waals surface area contributed by atoms with Crippen molar-refractivity contribution in [3.63, 3.8) is 0 Å². The highest BCUT2D eigenvalue weighted by Crippen LogP contribution is 2.32. The summed E-state index contributed by atoms with van der Waals surface area (Å²) in [5.74, 6) is -0.254. The van der Waals surface area contributed by atoms with Crippen molar-refractivity contribution in [2.24, 2.45) is 0 Å². The maximum atomic E-state index is 13.0. The number of anilines is 2. The summed E-state index contributed by atoms with van der Waals surface area (Å²) >= 11 is 6.39. The fraction of sp³-hybridized carbons (Fsp3) is 0.154. The van der Waals surface area contributed by atoms with Gasteiger partial charge in [-0.2, -0.15) is 0 Å². The maximum Gasteiger partial charge on any atom is 0.257 e. The van der Waals surface area contributed by atoms with Crippen LogP contribution in [-0.2, 0) is 10.0 Å². The number of rotatable bonds is 4. The third-order valence-corrected chi connectivity index (χ3v) is 8.19. The summed E-state index contributed by atoms with van der Waals surface area (Å²) < 4.78 is 25.7. The molecule has 0 saturated carbocycles. The molecule has 1 fully saturated rings. The van der Waals surface area contributed by atoms with E-state index in [-0.39, 0.29) is 22.2 Å². The molecule has 8 heteroatoms. The fourth-order valence-electron chi connectivity index (χ4n) is 4.26. The molecule has 1 N–H and O–H groups in total. The zero-order valence-electron chi connectivity index (χ0n) is 18.5. The number of fused-ring (bicyclic) bond motifs is 1. The van der Waals surface area contributed by atoms with E-state index in [1.54, 1.807) is 18.3 Å². The second kappa shape index (κ2) is 8.74. The van der Waals surface area contributed by atoms with Gasteiger partial charge in [-0.05, 0) is 60.7 Å². The summed E-state index contributed by atoms with van der Waals surface area (Å²) in [6.45, 7) is 2.42. The number of hydrogen-bond donors (Lipinski definition) is 1. The lowest BCUT2D eigenvalue weighted by Gasteiger charge is -2.18. The molecule has 172 valence electrons. The number of amides is 1. The number of pyridine rings is 1. The highest BCUT2D eigenvalue weighted by Gasteiger charge is 2.29. The van der Waals surface area contributed by atoms with E-state index in [2.05, 4.69) is 10.3 Å². The zero-order chi connectivity index (χ0) is 23.9. The Balaban J connectivity index is 1.44. The van der Waals surface area contributed by atoms with Gasteiger partial charge < -0.3 is 5.32 Å². The zero-order valence-corrected chi connectivity index (χ0v) is 20.0. The molecule has 3 aromatic carbocycles. The summed E-state index contributed by atoms with van der Waals surface area (Å²) in [4.78, 5) is 17.6. The van der Waals surface area contributed by atoms with Crippen LogP contribution in [0.3, 0.4) is 0 Å². The van der Waals surface area contributed by atoms with Gasteiger partial charge in [-0.3, -0.25) is 14.1 Å². The van der Waals surface area contributed by atoms with Crippen LogP contribution in [-0.4, -0.2) is 31.6 Å². The Morgan fingerprint density at radius 3 is 2.65 bits per heavy atom. The van der Waals surface area contributed by atoms with Crippen molar-refractivity contribution < 1.29 is 13.2 Å². The van der Waals surface area contributed by atoms with Crippen molar-refractivity contribution in [1.29, 1.82) is 0 Å². The highest BCUT2D eigenvalue weighted by molar-refractivity contribution is 7.93. The average Bonchev–Trinajstić information content (AvgIpc) is 3.18. The van der Waals surface area contributed by atoms with Crippen LogP contribution >= 0.6 is 11.6 Å². The van der Waals surface area contributed by atoms with Crippen LogP contribution in [0.4, 0.5) is 11.4 Å². The van der Waals surface area contributed by atoms with Crippen LogP contribution in [0.5, 0.6) is 0 Å². The van der Waals surface area contributed by atoms with Gasteiger partial charge in [-0.1, -0.05) is 41.9 Å². The number of hydrogen-bond acceptors (Lipinski definition) is 4. The number of nitrogens with zero attached hydrogens (tertiary/aromatic N) is 2. The molecule has 1 amide bonds. The number of aryl methyl sites for hydroxylation is 1. The van der Waals surface area contributed by atoms with E-state index in [1.807, 2.05) is 55.5 Å². The summed E-state index contributed by atoms with van der Waals surface area (Å²) in [7, 11) is -3.32. The lowest BCUT2D eigenvalue weighted by atomic mass is 9.99. The largest absolute Gasteiger partial charge is 0.322 e. The molecule has 2 heterocycles. The molecule has 1 aromatic heterocycles. The third-order valence-electron chi connectivity index (χ3n) is 6.01. The Morgan fingerprint density at radius 1 is 1.06 bits per heavy atom. The number of nitrogens with one attached hydrogen (secondary N) is 1. The van der Waals surface area contributed by atoms with Crippen molar-refractivity contribution in [3.05, 3.63) is 89.1 Å². The van der Waals surface area contributed by atoms with E-state index in [9.17, 15) is 13.2 Å². The van der Waals surface area contributed by atoms with Gasteiger partial charge in [0.15, 0.2) is 0 Å². The first kappa shape index (κ1) is 22.4. The van der Waals surface area contributed by atoms with Crippen molar-refractivity contribution in [2.75, 3.05) is 21.9 Å². The first-order chi connectivity index (χ1) is 16.3. The molecule has 0 spiro atoms. The van der Waals surface area contributed by atoms with Crippen molar-refractivity contribution >= 4 is 49.7 Å². The molecule has 1 saturated heterocycles. The lowest BCUT2D eigenvalue weighted by Crippen LogP contribution is -2.25. The normalized spacial score (nSPS) is 14.9. The van der Waals surface area contributed by atoms with Gasteiger partial charge in [0.1, 0.15) is 0 Å². The monoisotopic (exact) mass is 491 g/mol. The Labute approximate surface area is 203 Å². The van der Waals surface area contributed by atoms with Crippen molar-refractivity contribution in [2.45, 2.75) is 13.3 Å². The third kappa shape index (κ3) is 4.13. The van der Waals surface area contributed by atoms with E-state index in [0.29, 0.717) is 24.3 Å². The number of halogens is 1. The van der Waals surface area contributed by atoms with Crippen LogP contribution in [0.25, 0.3) is 22.0 Å². The van der Waals surface area contributed by atoms with Gasteiger partial charge in [0.05, 0.1) is 27.7 Å². The predicted molar refractivity (Wildman–Crippen MR) is 137 cm³/mol. The van der Waals surface area contributed by atoms with Crippen LogP contribution in [0.15, 0.2) is 72.9 Å². The van der Waals surface area contributed by atoms with Gasteiger partial charge in [-0.15, -0.1) is 0 Å². The Bertz CT molecular complexity index is 1530. The molecular formula is C26H22ClN3O3S. The maximum absolute atomic E-state index is 13.0. The summed E-state index contributed by atoms with van der Waals surface area (Å²) in [5.41, 5.74) is 4.17. The Hall–Kier alpha value is -3.42. The van der Waals surface area contributed by atoms with Gasteiger partial charge in [0.25, 0.3) is 5.91 Å². The number of benzene rings is 3. The van der Waals surface area contributed by atoms with Gasteiger partial charge >= 0.3 is 0 Å². The predicted octanol–water partition coefficient (Wildman–Crippen LogP) is 5.66. The molecule has 6 nitrogen and oxygen atoms in total. The minimum atomic E-state index is -3.32. The average molecular weight is 492 g/mol. The van der Waals surface area contributed by atoms with E-state index in [1.165, 1.54) is 10.4 Å². The molecule has 0 atom stereocenters. The van der Waals surface area contributed by atoms with Crippen LogP contribution < -0.4 is 9.62 Å². The lowest BCUT2D eigenvalue weighted by molar-refractivity contribution is 0.102. The molecule has 5 rings (SSSR count). The minimum Gasteiger partial charge on any atom is -0.322 e. The number of sulfonamides is 1. The molecule has 0 radical (unpaired) electrons. The smallest absolute Gasteiger partial charge is 0.257 e. The molecule has 0 aliphatic carbocycles. The van der Waals surface area contributed by atoms with E-state index >= 15 is 0 Å². The molecule has 1 aliphatic rings. The van der Waals surface area contributed by atoms with Crippen LogP contribution in [0.1, 0.15) is 22.3 Å². The summed E-state index contributed by atoms with van der Waals surface area (Å²) in [5, 5.41) is 5.23. The fourth-order valence-corrected chi connectivity index (χ4v) is 6.08. The Morgan fingerprint density at radius 2 is 1.88 bits per heavy atom. The molecule has 0 bridgehead atoms. The topological polar surface area (TPSA) is 79.4 Å². The molecule has 1 aliphatic heterocycles. The molecule has 0 unspecified atom stereocenters. The van der Waals surface area contributed by atoms with Crippen LogP contribution in [0, 0.1) is 6.92 Å². The highest BCUT2D eigenvalue weighted by atomic mass is 35.5. The SMILES string of the molecule is Cc1ccc(NC(=O)c2ccc(N3CCCS3(=O)=O)cc2Cl)cc1-c1nccc2ccccc12. The Kier molecular flexibility index (Phi) is 5.75. The van der Waals surface area contributed by atoms with Gasteiger partial charge in [0.2, 0.25) is 10.0 Å². The number of carbonyl (C=O) groups excluding carboxylic acids is 1. The van der Waals surface area contributed by atoms with Crippen molar-refractivity contribution in [3.8, 4) is 11.3 Å². The van der Waals surface area contributed by atoms with E-state index in [0.717, 1.165) is 27.6 Å².